The first kappa shape index (κ1) is 16.0. The number of imidazole rings is 1. The second kappa shape index (κ2) is 6.68. The summed E-state index contributed by atoms with van der Waals surface area (Å²) in [6, 6.07) is 9.75. The van der Waals surface area contributed by atoms with E-state index < -0.39 is 0 Å². The number of ketones is 1. The summed E-state index contributed by atoms with van der Waals surface area (Å²) in [5.74, 6) is 0.938. The number of nitrogens with zero attached hydrogens (tertiary/aromatic N) is 2. The van der Waals surface area contributed by atoms with Crippen molar-refractivity contribution in [3.05, 3.63) is 52.6 Å². The third-order valence-corrected chi connectivity index (χ3v) is 5.07. The van der Waals surface area contributed by atoms with Gasteiger partial charge in [0.1, 0.15) is 5.69 Å². The smallest absolute Gasteiger partial charge is 0.201 e. The Morgan fingerprint density at radius 3 is 2.91 bits per heavy atom. The summed E-state index contributed by atoms with van der Waals surface area (Å²) in [6.45, 7) is 4.24. The van der Waals surface area contributed by atoms with Gasteiger partial charge >= 0.3 is 0 Å². The van der Waals surface area contributed by atoms with Gasteiger partial charge in [-0.25, -0.2) is 0 Å². The highest BCUT2D eigenvalue weighted by atomic mass is 32.2. The van der Waals surface area contributed by atoms with E-state index in [0.717, 1.165) is 27.2 Å². The van der Waals surface area contributed by atoms with Crippen molar-refractivity contribution in [1.82, 2.24) is 14.5 Å². The van der Waals surface area contributed by atoms with Crippen LogP contribution in [-0.4, -0.2) is 26.1 Å². The fraction of sp³-hybridized carbons (Fsp3) is 0.235. The number of para-hydroxylation sites is 2. The number of hydrogen-bond acceptors (Lipinski definition) is 4. The van der Waals surface area contributed by atoms with Crippen molar-refractivity contribution in [3.63, 3.8) is 0 Å². The van der Waals surface area contributed by atoms with Crippen LogP contribution in [0, 0.1) is 11.7 Å². The van der Waals surface area contributed by atoms with Gasteiger partial charge in [-0.05, 0) is 48.7 Å². The van der Waals surface area contributed by atoms with Crippen LogP contribution in [0.25, 0.3) is 11.0 Å². The number of Topliss-reactive ketones (excluding diaryl/α,β-unsaturated/α-hetero) is 1. The number of thioether (sulfide) groups is 1. The molecule has 1 aromatic carbocycles. The Labute approximate surface area is 143 Å². The molecule has 0 atom stereocenters. The largest absolute Gasteiger partial charge is 0.331 e. The Bertz CT molecular complexity index is 927. The maximum absolute atomic E-state index is 12.7. The fourth-order valence-electron chi connectivity index (χ4n) is 2.59. The van der Waals surface area contributed by atoms with Crippen molar-refractivity contribution in [2.24, 2.45) is 0 Å². The van der Waals surface area contributed by atoms with Crippen LogP contribution >= 0.6 is 24.0 Å². The Balaban J connectivity index is 1.97. The van der Waals surface area contributed by atoms with Crippen molar-refractivity contribution >= 4 is 40.8 Å². The molecule has 0 amide bonds. The van der Waals surface area contributed by atoms with Gasteiger partial charge < -0.3 is 9.55 Å². The van der Waals surface area contributed by atoms with E-state index in [9.17, 15) is 4.79 Å². The first-order valence-electron chi connectivity index (χ1n) is 7.41. The lowest BCUT2D eigenvalue weighted by Gasteiger charge is -2.09. The lowest BCUT2D eigenvalue weighted by Crippen LogP contribution is -2.14. The fourth-order valence-corrected chi connectivity index (χ4v) is 3.65. The first-order valence-corrected chi connectivity index (χ1v) is 8.80. The number of carbonyl (C=O) groups excluding carboxylic acids is 1. The summed E-state index contributed by atoms with van der Waals surface area (Å²) in [5.41, 5.74) is 3.33. The molecule has 0 aliphatic rings. The predicted octanol–water partition coefficient (Wildman–Crippen LogP) is 4.40. The molecular weight excluding hydrogens is 326 g/mol. The Kier molecular flexibility index (Phi) is 4.63. The van der Waals surface area contributed by atoms with E-state index in [4.69, 9.17) is 12.2 Å². The third kappa shape index (κ3) is 3.09. The van der Waals surface area contributed by atoms with Gasteiger partial charge in [0.2, 0.25) is 5.78 Å². The van der Waals surface area contributed by atoms with Crippen LogP contribution in [0.5, 0.6) is 0 Å². The minimum atomic E-state index is -0.0260. The summed E-state index contributed by atoms with van der Waals surface area (Å²) >= 11 is 7.07. The van der Waals surface area contributed by atoms with Gasteiger partial charge in [0.15, 0.2) is 4.77 Å². The first-order chi connectivity index (χ1) is 11.1. The number of rotatable bonds is 5. The topological polar surface area (TPSA) is 50.7 Å². The number of benzene rings is 1. The Hall–Kier alpha value is -1.92. The van der Waals surface area contributed by atoms with E-state index in [2.05, 4.69) is 16.9 Å². The molecule has 4 nitrogen and oxygen atoms in total. The van der Waals surface area contributed by atoms with Gasteiger partial charge in [0.25, 0.3) is 0 Å². The van der Waals surface area contributed by atoms with Gasteiger partial charge in [-0.3, -0.25) is 9.78 Å². The highest BCUT2D eigenvalue weighted by molar-refractivity contribution is 7.99. The highest BCUT2D eigenvalue weighted by Gasteiger charge is 2.16. The molecule has 118 valence electrons. The normalized spacial score (nSPS) is 11.0. The summed E-state index contributed by atoms with van der Waals surface area (Å²) in [6.07, 6.45) is 1.70. The number of nitrogens with one attached hydrogen (secondary N) is 1. The SMILES string of the molecule is CCSc1ccnc(C(=O)Cn2c(=S)[nH]c3ccccc32)c1C. The maximum atomic E-state index is 12.7. The van der Waals surface area contributed by atoms with E-state index in [0.29, 0.717) is 10.5 Å². The second-order valence-corrected chi connectivity index (χ2v) is 6.86. The van der Waals surface area contributed by atoms with Crippen LogP contribution in [0.2, 0.25) is 0 Å². The predicted molar refractivity (Wildman–Crippen MR) is 96.8 cm³/mol. The molecule has 6 heteroatoms. The minimum Gasteiger partial charge on any atom is -0.331 e. The number of aromatic nitrogens is 3. The number of carbonyl (C=O) groups is 1. The van der Waals surface area contributed by atoms with E-state index in [1.807, 2.05) is 41.8 Å². The van der Waals surface area contributed by atoms with E-state index in [1.165, 1.54) is 0 Å². The van der Waals surface area contributed by atoms with Gasteiger partial charge in [-0.15, -0.1) is 11.8 Å². The maximum Gasteiger partial charge on any atom is 0.201 e. The van der Waals surface area contributed by atoms with Gasteiger partial charge in [-0.2, -0.15) is 0 Å². The molecule has 3 aromatic rings. The molecule has 0 unspecified atom stereocenters. The van der Waals surface area contributed by atoms with Gasteiger partial charge in [0, 0.05) is 11.1 Å². The number of fused-ring (bicyclic) bond motifs is 1. The average Bonchev–Trinajstić information content (AvgIpc) is 2.85. The lowest BCUT2D eigenvalue weighted by molar-refractivity contribution is 0.0967. The molecule has 0 radical (unpaired) electrons. The summed E-state index contributed by atoms with van der Waals surface area (Å²) in [4.78, 5) is 21.3. The Morgan fingerprint density at radius 1 is 1.35 bits per heavy atom. The number of pyridine rings is 1. The molecule has 0 fully saturated rings. The highest BCUT2D eigenvalue weighted by Crippen LogP contribution is 2.24. The quantitative estimate of drug-likeness (QED) is 0.424. The molecule has 0 saturated heterocycles. The third-order valence-electron chi connectivity index (χ3n) is 3.70. The van der Waals surface area contributed by atoms with Crippen molar-refractivity contribution in [1.29, 1.82) is 0 Å². The van der Waals surface area contributed by atoms with Crippen molar-refractivity contribution in [2.75, 3.05) is 5.75 Å². The standard InChI is InChI=1S/C17H17N3OS2/c1-3-23-15-8-9-18-16(11(15)2)14(21)10-20-13-7-5-4-6-12(13)19-17(20)22/h4-9H,3,10H2,1-2H3,(H,19,22). The van der Waals surface area contributed by atoms with Crippen LogP contribution < -0.4 is 0 Å². The summed E-state index contributed by atoms with van der Waals surface area (Å²) in [5, 5.41) is 0. The Morgan fingerprint density at radius 2 is 2.13 bits per heavy atom. The van der Waals surface area contributed by atoms with E-state index in [-0.39, 0.29) is 12.3 Å². The van der Waals surface area contributed by atoms with Gasteiger partial charge in [0.05, 0.1) is 17.6 Å². The van der Waals surface area contributed by atoms with Gasteiger partial charge in [-0.1, -0.05) is 19.1 Å². The van der Waals surface area contributed by atoms with Crippen LogP contribution in [0.1, 0.15) is 23.0 Å². The van der Waals surface area contributed by atoms with Crippen LogP contribution in [0.4, 0.5) is 0 Å². The molecule has 0 aliphatic carbocycles. The molecule has 1 N–H and O–H groups in total. The number of aromatic amines is 1. The summed E-state index contributed by atoms with van der Waals surface area (Å²) < 4.78 is 2.38. The van der Waals surface area contributed by atoms with Crippen LogP contribution in [-0.2, 0) is 6.54 Å². The lowest BCUT2D eigenvalue weighted by atomic mass is 10.1. The zero-order valence-corrected chi connectivity index (χ0v) is 14.6. The number of H-pyrrole nitrogens is 1. The monoisotopic (exact) mass is 343 g/mol. The molecule has 2 heterocycles. The molecule has 0 saturated carbocycles. The minimum absolute atomic E-state index is 0.0260. The molecule has 0 bridgehead atoms. The zero-order chi connectivity index (χ0) is 16.4. The second-order valence-electron chi connectivity index (χ2n) is 5.17. The van der Waals surface area contributed by atoms with Crippen molar-refractivity contribution in [2.45, 2.75) is 25.3 Å². The average molecular weight is 343 g/mol. The molecule has 0 spiro atoms. The van der Waals surface area contributed by atoms with Crippen LogP contribution in [0.15, 0.2) is 41.4 Å². The molecule has 0 aliphatic heterocycles. The molecule has 3 rings (SSSR count). The zero-order valence-electron chi connectivity index (χ0n) is 13.0. The molecule has 23 heavy (non-hydrogen) atoms. The van der Waals surface area contributed by atoms with Crippen LogP contribution in [0.3, 0.4) is 0 Å². The number of hydrogen-bond donors (Lipinski definition) is 1. The van der Waals surface area contributed by atoms with E-state index in [1.54, 1.807) is 18.0 Å². The molecular formula is C17H17N3OS2. The van der Waals surface area contributed by atoms with E-state index >= 15 is 0 Å². The van der Waals surface area contributed by atoms with Crippen molar-refractivity contribution in [3.8, 4) is 0 Å². The summed E-state index contributed by atoms with van der Waals surface area (Å²) in [7, 11) is 0. The molecule has 2 aromatic heterocycles. The van der Waals surface area contributed by atoms with Crippen molar-refractivity contribution < 1.29 is 4.79 Å².